The van der Waals surface area contributed by atoms with E-state index in [-0.39, 0.29) is 24.5 Å². The third kappa shape index (κ3) is 4.62. The van der Waals surface area contributed by atoms with E-state index in [2.05, 4.69) is 5.32 Å². The van der Waals surface area contributed by atoms with Gasteiger partial charge in [-0.15, -0.1) is 0 Å². The van der Waals surface area contributed by atoms with Crippen molar-refractivity contribution >= 4 is 5.91 Å². The van der Waals surface area contributed by atoms with Crippen LogP contribution in [0.25, 0.3) is 0 Å². The van der Waals surface area contributed by atoms with Gasteiger partial charge in [0.1, 0.15) is 0 Å². The number of rotatable bonds is 6. The molecule has 0 aliphatic rings. The fourth-order valence-electron chi connectivity index (χ4n) is 1.39. The molecule has 0 bridgehead atoms. The van der Waals surface area contributed by atoms with Crippen LogP contribution in [-0.4, -0.2) is 29.2 Å². The highest BCUT2D eigenvalue weighted by Crippen LogP contribution is 2.10. The second kappa shape index (κ2) is 6.08. The van der Waals surface area contributed by atoms with Crippen LogP contribution in [0.15, 0.2) is 0 Å². The minimum Gasteiger partial charge on any atom is -0.394 e. The van der Waals surface area contributed by atoms with Crippen LogP contribution in [0.5, 0.6) is 0 Å². The van der Waals surface area contributed by atoms with Crippen molar-refractivity contribution in [2.75, 3.05) is 6.61 Å². The summed E-state index contributed by atoms with van der Waals surface area (Å²) >= 11 is 0. The first kappa shape index (κ1) is 14.4. The summed E-state index contributed by atoms with van der Waals surface area (Å²) in [6.45, 7) is 7.57. The van der Waals surface area contributed by atoms with Crippen LogP contribution in [0, 0.1) is 5.92 Å². The highest BCUT2D eigenvalue weighted by Gasteiger charge is 2.29. The zero-order chi connectivity index (χ0) is 12.1. The molecule has 4 nitrogen and oxygen atoms in total. The molecule has 0 rings (SSSR count). The molecule has 4 N–H and O–H groups in total. The predicted octanol–water partition coefficient (Wildman–Crippen LogP) is 0.637. The largest absolute Gasteiger partial charge is 0.394 e. The van der Waals surface area contributed by atoms with Gasteiger partial charge in [0.25, 0.3) is 0 Å². The van der Waals surface area contributed by atoms with Crippen LogP contribution in [0.4, 0.5) is 0 Å². The highest BCUT2D eigenvalue weighted by molar-refractivity contribution is 5.85. The molecule has 0 saturated heterocycles. The van der Waals surface area contributed by atoms with Crippen LogP contribution in [0.1, 0.15) is 40.5 Å². The van der Waals surface area contributed by atoms with Crippen molar-refractivity contribution in [3.05, 3.63) is 0 Å². The second-order valence-electron chi connectivity index (χ2n) is 4.67. The Morgan fingerprint density at radius 1 is 1.53 bits per heavy atom. The number of aliphatic hydroxyl groups excluding tert-OH is 1. The van der Waals surface area contributed by atoms with E-state index in [1.165, 1.54) is 0 Å². The summed E-state index contributed by atoms with van der Waals surface area (Å²) in [6.07, 6.45) is 1.51. The summed E-state index contributed by atoms with van der Waals surface area (Å²) in [5.74, 6) is 0.0217. The van der Waals surface area contributed by atoms with E-state index in [1.54, 1.807) is 6.92 Å². The number of aliphatic hydroxyl groups is 1. The van der Waals surface area contributed by atoms with E-state index in [0.29, 0.717) is 6.42 Å². The lowest BCUT2D eigenvalue weighted by molar-refractivity contribution is -0.127. The Hall–Kier alpha value is -0.610. The van der Waals surface area contributed by atoms with Gasteiger partial charge in [0, 0.05) is 0 Å². The quantitative estimate of drug-likeness (QED) is 0.610. The van der Waals surface area contributed by atoms with Crippen molar-refractivity contribution in [3.8, 4) is 0 Å². The Labute approximate surface area is 92.2 Å². The molecule has 0 saturated carbocycles. The van der Waals surface area contributed by atoms with Gasteiger partial charge in [-0.25, -0.2) is 0 Å². The number of hydrogen-bond donors (Lipinski definition) is 3. The molecule has 0 radical (unpaired) electrons. The molecule has 0 aliphatic heterocycles. The van der Waals surface area contributed by atoms with Crippen molar-refractivity contribution in [2.24, 2.45) is 11.7 Å². The van der Waals surface area contributed by atoms with E-state index >= 15 is 0 Å². The van der Waals surface area contributed by atoms with Crippen molar-refractivity contribution in [2.45, 2.75) is 52.1 Å². The summed E-state index contributed by atoms with van der Waals surface area (Å²) in [6, 6.07) is -0.211. The smallest absolute Gasteiger partial charge is 0.240 e. The molecule has 1 amide bonds. The molecule has 0 spiro atoms. The lowest BCUT2D eigenvalue weighted by Crippen LogP contribution is -2.55. The van der Waals surface area contributed by atoms with Crippen LogP contribution in [0.3, 0.4) is 0 Å². The van der Waals surface area contributed by atoms with Crippen LogP contribution in [0.2, 0.25) is 0 Å². The summed E-state index contributed by atoms with van der Waals surface area (Å²) < 4.78 is 0. The molecular weight excluding hydrogens is 192 g/mol. The summed E-state index contributed by atoms with van der Waals surface area (Å²) in [5.41, 5.74) is 5.04. The van der Waals surface area contributed by atoms with E-state index < -0.39 is 5.54 Å². The first-order chi connectivity index (χ1) is 6.85. The lowest BCUT2D eigenvalue weighted by atomic mass is 9.95. The second-order valence-corrected chi connectivity index (χ2v) is 4.67. The van der Waals surface area contributed by atoms with Gasteiger partial charge in [-0.1, -0.05) is 27.2 Å². The molecule has 4 heteroatoms. The summed E-state index contributed by atoms with van der Waals surface area (Å²) in [4.78, 5) is 11.8. The maximum atomic E-state index is 11.8. The number of nitrogens with two attached hydrogens (primary N) is 1. The third-order valence-corrected chi connectivity index (χ3v) is 2.61. The zero-order valence-electron chi connectivity index (χ0n) is 10.2. The van der Waals surface area contributed by atoms with Crippen LogP contribution in [-0.2, 0) is 4.79 Å². The van der Waals surface area contributed by atoms with E-state index in [0.717, 1.165) is 6.42 Å². The Morgan fingerprint density at radius 2 is 2.07 bits per heavy atom. The average molecular weight is 216 g/mol. The zero-order valence-corrected chi connectivity index (χ0v) is 10.2. The Balaban J connectivity index is 4.33. The number of carbonyl (C=O) groups is 1. The van der Waals surface area contributed by atoms with Gasteiger partial charge in [0.15, 0.2) is 0 Å². The molecule has 2 atom stereocenters. The van der Waals surface area contributed by atoms with E-state index in [1.807, 2.05) is 20.8 Å². The predicted molar refractivity (Wildman–Crippen MR) is 61.4 cm³/mol. The molecular formula is C11H24N2O2. The molecule has 0 aromatic heterocycles. The van der Waals surface area contributed by atoms with Gasteiger partial charge in [0.2, 0.25) is 5.91 Å². The molecule has 15 heavy (non-hydrogen) atoms. The number of hydrogen-bond acceptors (Lipinski definition) is 3. The SMILES string of the molecule is CCCC(C)(N)C(=O)N[C@H](CO)C(C)C. The van der Waals surface area contributed by atoms with Crippen molar-refractivity contribution < 1.29 is 9.90 Å². The van der Waals surface area contributed by atoms with Gasteiger partial charge in [-0.05, 0) is 19.3 Å². The molecule has 90 valence electrons. The fourth-order valence-corrected chi connectivity index (χ4v) is 1.39. The number of carbonyl (C=O) groups excluding carboxylic acids is 1. The number of amides is 1. The summed E-state index contributed by atoms with van der Waals surface area (Å²) in [7, 11) is 0. The van der Waals surface area contributed by atoms with Gasteiger partial charge in [-0.3, -0.25) is 4.79 Å². The topological polar surface area (TPSA) is 75.4 Å². The van der Waals surface area contributed by atoms with Gasteiger partial charge in [-0.2, -0.15) is 0 Å². The average Bonchev–Trinajstić information content (AvgIpc) is 2.12. The fraction of sp³-hybridized carbons (Fsp3) is 0.909. The lowest BCUT2D eigenvalue weighted by Gasteiger charge is -2.27. The van der Waals surface area contributed by atoms with Crippen LogP contribution < -0.4 is 11.1 Å². The van der Waals surface area contributed by atoms with Gasteiger partial charge >= 0.3 is 0 Å². The van der Waals surface area contributed by atoms with Crippen molar-refractivity contribution in [3.63, 3.8) is 0 Å². The van der Waals surface area contributed by atoms with E-state index in [9.17, 15) is 4.79 Å². The molecule has 0 aromatic rings. The third-order valence-electron chi connectivity index (χ3n) is 2.61. The monoisotopic (exact) mass is 216 g/mol. The standard InChI is InChI=1S/C11H24N2O2/c1-5-6-11(4,12)10(15)13-9(7-14)8(2)3/h8-9,14H,5-7,12H2,1-4H3,(H,13,15)/t9-,11?/m1/s1. The first-order valence-electron chi connectivity index (χ1n) is 5.55. The molecule has 0 aromatic carbocycles. The first-order valence-corrected chi connectivity index (χ1v) is 5.55. The molecule has 0 heterocycles. The Kier molecular flexibility index (Phi) is 5.83. The molecule has 1 unspecified atom stereocenters. The highest BCUT2D eigenvalue weighted by atomic mass is 16.3. The van der Waals surface area contributed by atoms with Crippen molar-refractivity contribution in [1.82, 2.24) is 5.32 Å². The normalized spacial score (nSPS) is 17.3. The Morgan fingerprint density at radius 3 is 2.40 bits per heavy atom. The minimum absolute atomic E-state index is 0.0500. The van der Waals surface area contributed by atoms with Gasteiger partial charge < -0.3 is 16.2 Å². The van der Waals surface area contributed by atoms with Crippen molar-refractivity contribution in [1.29, 1.82) is 0 Å². The van der Waals surface area contributed by atoms with Crippen LogP contribution >= 0.6 is 0 Å². The van der Waals surface area contributed by atoms with E-state index in [4.69, 9.17) is 10.8 Å². The molecule has 0 fully saturated rings. The minimum atomic E-state index is -0.836. The number of nitrogens with one attached hydrogen (secondary N) is 1. The summed E-state index contributed by atoms with van der Waals surface area (Å²) in [5, 5.41) is 11.9. The maximum Gasteiger partial charge on any atom is 0.240 e. The van der Waals surface area contributed by atoms with Gasteiger partial charge in [0.05, 0.1) is 18.2 Å². The maximum absolute atomic E-state index is 11.8. The Bertz CT molecular complexity index is 203. The molecule has 0 aliphatic carbocycles.